The number of aliphatic hydroxyl groups is 1. The second-order valence-electron chi connectivity index (χ2n) is 6.05. The minimum absolute atomic E-state index is 0.0273. The molecule has 1 aromatic carbocycles. The van der Waals surface area contributed by atoms with Gasteiger partial charge in [0.05, 0.1) is 18.6 Å². The molecule has 0 radical (unpaired) electrons. The van der Waals surface area contributed by atoms with Gasteiger partial charge in [-0.25, -0.2) is 0 Å². The van der Waals surface area contributed by atoms with Crippen LogP contribution in [0.3, 0.4) is 0 Å². The molecular weight excluding hydrogens is 266 g/mol. The van der Waals surface area contributed by atoms with Gasteiger partial charge in [-0.1, -0.05) is 30.3 Å². The molecule has 0 saturated carbocycles. The first-order valence-corrected chi connectivity index (χ1v) is 7.87. The second kappa shape index (κ2) is 6.58. The summed E-state index contributed by atoms with van der Waals surface area (Å²) in [5.74, 6) is 0.245. The first-order chi connectivity index (χ1) is 10.3. The number of hydrogen-bond acceptors (Lipinski definition) is 3. The molecule has 0 bridgehead atoms. The average molecular weight is 289 g/mol. The summed E-state index contributed by atoms with van der Waals surface area (Å²) in [7, 11) is 0. The summed E-state index contributed by atoms with van der Waals surface area (Å²) in [6.45, 7) is 2.08. The zero-order valence-corrected chi connectivity index (χ0v) is 12.3. The van der Waals surface area contributed by atoms with Gasteiger partial charge in [-0.05, 0) is 31.2 Å². The number of aliphatic hydroxyl groups excluding tert-OH is 1. The van der Waals surface area contributed by atoms with Gasteiger partial charge in [-0.15, -0.1) is 0 Å². The predicted molar refractivity (Wildman–Crippen MR) is 79.7 cm³/mol. The number of carbonyl (C=O) groups is 1. The van der Waals surface area contributed by atoms with Gasteiger partial charge in [0, 0.05) is 19.2 Å². The molecule has 3 atom stereocenters. The van der Waals surface area contributed by atoms with E-state index >= 15 is 0 Å². The Morgan fingerprint density at radius 1 is 1.33 bits per heavy atom. The Labute approximate surface area is 125 Å². The molecule has 1 aromatic rings. The highest BCUT2D eigenvalue weighted by molar-refractivity contribution is 5.79. The second-order valence-corrected chi connectivity index (χ2v) is 6.05. The molecule has 2 saturated heterocycles. The Balaban J connectivity index is 1.62. The number of carbonyl (C=O) groups excluding carboxylic acids is 1. The molecule has 2 aliphatic heterocycles. The van der Waals surface area contributed by atoms with Crippen LogP contribution in [-0.2, 0) is 9.53 Å². The van der Waals surface area contributed by atoms with Gasteiger partial charge in [-0.3, -0.25) is 4.79 Å². The maximum atomic E-state index is 12.5. The lowest BCUT2D eigenvalue weighted by molar-refractivity contribution is -0.136. The highest BCUT2D eigenvalue weighted by Crippen LogP contribution is 2.29. The molecule has 4 nitrogen and oxygen atoms in total. The number of ether oxygens (including phenoxy) is 1. The van der Waals surface area contributed by atoms with Gasteiger partial charge in [-0.2, -0.15) is 0 Å². The summed E-state index contributed by atoms with van der Waals surface area (Å²) >= 11 is 0. The number of hydrogen-bond donors (Lipinski definition) is 1. The van der Waals surface area contributed by atoms with E-state index in [0.29, 0.717) is 19.6 Å². The van der Waals surface area contributed by atoms with Crippen molar-refractivity contribution in [2.45, 2.75) is 37.8 Å². The van der Waals surface area contributed by atoms with E-state index in [2.05, 4.69) is 0 Å². The Bertz CT molecular complexity index is 470. The lowest BCUT2D eigenvalue weighted by atomic mass is 9.99. The predicted octanol–water partition coefficient (Wildman–Crippen LogP) is 2.14. The van der Waals surface area contributed by atoms with Crippen LogP contribution in [0.1, 0.15) is 37.4 Å². The Morgan fingerprint density at radius 3 is 2.86 bits per heavy atom. The van der Waals surface area contributed by atoms with Crippen molar-refractivity contribution < 1.29 is 14.6 Å². The van der Waals surface area contributed by atoms with Crippen LogP contribution >= 0.6 is 0 Å². The molecule has 0 aliphatic carbocycles. The third-order valence-electron chi connectivity index (χ3n) is 4.62. The van der Waals surface area contributed by atoms with E-state index in [-0.39, 0.29) is 17.9 Å². The van der Waals surface area contributed by atoms with Crippen LogP contribution in [0.15, 0.2) is 30.3 Å². The van der Waals surface area contributed by atoms with Crippen LogP contribution in [0.2, 0.25) is 0 Å². The molecule has 1 N–H and O–H groups in total. The Kier molecular flexibility index (Phi) is 4.56. The van der Waals surface area contributed by atoms with Gasteiger partial charge < -0.3 is 14.7 Å². The van der Waals surface area contributed by atoms with Gasteiger partial charge in [0.2, 0.25) is 5.91 Å². The van der Waals surface area contributed by atoms with Crippen molar-refractivity contribution in [2.75, 3.05) is 19.8 Å². The number of benzene rings is 1. The minimum Gasteiger partial charge on any atom is -0.388 e. The number of rotatable bonds is 4. The molecule has 21 heavy (non-hydrogen) atoms. The number of nitrogens with zero attached hydrogens (tertiary/aromatic N) is 1. The maximum absolute atomic E-state index is 12.5. The number of amides is 1. The minimum atomic E-state index is -0.496. The van der Waals surface area contributed by atoms with Gasteiger partial charge in [0.25, 0.3) is 0 Å². The van der Waals surface area contributed by atoms with E-state index in [1.165, 1.54) is 0 Å². The third kappa shape index (κ3) is 3.27. The van der Waals surface area contributed by atoms with Crippen LogP contribution in [0.4, 0.5) is 0 Å². The first kappa shape index (κ1) is 14.5. The molecule has 1 amide bonds. The van der Waals surface area contributed by atoms with Crippen LogP contribution < -0.4 is 0 Å². The van der Waals surface area contributed by atoms with E-state index in [9.17, 15) is 9.90 Å². The van der Waals surface area contributed by atoms with Crippen molar-refractivity contribution in [1.29, 1.82) is 0 Å². The lowest BCUT2D eigenvalue weighted by Gasteiger charge is -2.28. The van der Waals surface area contributed by atoms with E-state index in [1.54, 1.807) is 0 Å². The van der Waals surface area contributed by atoms with Crippen molar-refractivity contribution in [2.24, 2.45) is 5.92 Å². The molecular formula is C17H23NO3. The molecule has 2 aliphatic rings. The lowest BCUT2D eigenvalue weighted by Crippen LogP contribution is -2.40. The number of likely N-dealkylation sites (tertiary alicyclic amines) is 1. The summed E-state index contributed by atoms with van der Waals surface area (Å²) in [6, 6.07) is 9.86. The molecule has 0 spiro atoms. The standard InChI is InChI=1S/C17H23NO3/c19-16(13-5-2-1-3-6-13)11-15-7-4-9-18(15)17(20)14-8-10-21-12-14/h1-3,5-6,14-16,19H,4,7-12H2. The summed E-state index contributed by atoms with van der Waals surface area (Å²) < 4.78 is 5.33. The Morgan fingerprint density at radius 2 is 2.14 bits per heavy atom. The smallest absolute Gasteiger partial charge is 0.228 e. The topological polar surface area (TPSA) is 49.8 Å². The fourth-order valence-electron chi connectivity index (χ4n) is 3.40. The van der Waals surface area contributed by atoms with Gasteiger partial charge in [0.15, 0.2) is 0 Å². The summed E-state index contributed by atoms with van der Waals surface area (Å²) in [5, 5.41) is 10.4. The molecule has 114 valence electrons. The van der Waals surface area contributed by atoms with E-state index in [0.717, 1.165) is 31.4 Å². The highest BCUT2D eigenvalue weighted by Gasteiger charge is 2.35. The van der Waals surface area contributed by atoms with Crippen molar-refractivity contribution in [1.82, 2.24) is 4.90 Å². The van der Waals surface area contributed by atoms with Crippen molar-refractivity contribution in [3.63, 3.8) is 0 Å². The van der Waals surface area contributed by atoms with Crippen LogP contribution in [0.5, 0.6) is 0 Å². The molecule has 3 rings (SSSR count). The van der Waals surface area contributed by atoms with Crippen molar-refractivity contribution >= 4 is 5.91 Å². The van der Waals surface area contributed by atoms with Crippen molar-refractivity contribution in [3.8, 4) is 0 Å². The molecule has 0 aromatic heterocycles. The normalized spacial score (nSPS) is 27.0. The summed E-state index contributed by atoms with van der Waals surface area (Å²) in [6.07, 6.45) is 2.99. The van der Waals surface area contributed by atoms with Crippen LogP contribution in [0, 0.1) is 5.92 Å². The summed E-state index contributed by atoms with van der Waals surface area (Å²) in [5.41, 5.74) is 0.931. The zero-order chi connectivity index (χ0) is 14.7. The SMILES string of the molecule is O=C(C1CCOC1)N1CCCC1CC(O)c1ccccc1. The quantitative estimate of drug-likeness (QED) is 0.924. The van der Waals surface area contributed by atoms with Gasteiger partial charge in [0.1, 0.15) is 0 Å². The molecule has 3 unspecified atom stereocenters. The largest absolute Gasteiger partial charge is 0.388 e. The molecule has 4 heteroatoms. The van der Waals surface area contributed by atoms with Crippen LogP contribution in [0.25, 0.3) is 0 Å². The monoisotopic (exact) mass is 289 g/mol. The maximum Gasteiger partial charge on any atom is 0.228 e. The molecule has 2 heterocycles. The first-order valence-electron chi connectivity index (χ1n) is 7.87. The average Bonchev–Trinajstić information content (AvgIpc) is 3.19. The van der Waals surface area contributed by atoms with Crippen molar-refractivity contribution in [3.05, 3.63) is 35.9 Å². The summed E-state index contributed by atoms with van der Waals surface area (Å²) in [4.78, 5) is 14.5. The van der Waals surface area contributed by atoms with Crippen LogP contribution in [-0.4, -0.2) is 41.7 Å². The fourth-order valence-corrected chi connectivity index (χ4v) is 3.40. The van der Waals surface area contributed by atoms with E-state index in [4.69, 9.17) is 4.74 Å². The Hall–Kier alpha value is -1.39. The van der Waals surface area contributed by atoms with E-state index in [1.807, 2.05) is 35.2 Å². The third-order valence-corrected chi connectivity index (χ3v) is 4.62. The zero-order valence-electron chi connectivity index (χ0n) is 12.3. The van der Waals surface area contributed by atoms with Gasteiger partial charge >= 0.3 is 0 Å². The fraction of sp³-hybridized carbons (Fsp3) is 0.588. The molecule has 2 fully saturated rings. The van der Waals surface area contributed by atoms with E-state index < -0.39 is 6.10 Å². The highest BCUT2D eigenvalue weighted by atomic mass is 16.5.